The van der Waals surface area contributed by atoms with Crippen LogP contribution in [-0.4, -0.2) is 33.8 Å². The molecule has 1 saturated heterocycles. The van der Waals surface area contributed by atoms with E-state index in [2.05, 4.69) is 32.2 Å². The lowest BCUT2D eigenvalue weighted by molar-refractivity contribution is 0.824. The molecule has 0 unspecified atom stereocenters. The fourth-order valence-corrected chi connectivity index (χ4v) is 2.75. The lowest BCUT2D eigenvalue weighted by Gasteiger charge is -2.16. The van der Waals surface area contributed by atoms with Crippen molar-refractivity contribution in [2.45, 2.75) is 37.8 Å². The second-order valence-electron chi connectivity index (χ2n) is 4.28. The van der Waals surface area contributed by atoms with Gasteiger partial charge in [-0.15, -0.1) is 0 Å². The lowest BCUT2D eigenvalue weighted by atomic mass is 10.4. The van der Waals surface area contributed by atoms with Gasteiger partial charge >= 0.3 is 0 Å². The van der Waals surface area contributed by atoms with Crippen LogP contribution < -0.4 is 16.2 Å². The van der Waals surface area contributed by atoms with Gasteiger partial charge in [-0.05, 0) is 19.3 Å². The van der Waals surface area contributed by atoms with Crippen molar-refractivity contribution < 1.29 is 0 Å². The number of anilines is 2. The van der Waals surface area contributed by atoms with Crippen molar-refractivity contribution in [3.05, 3.63) is 0 Å². The highest BCUT2D eigenvalue weighted by Crippen LogP contribution is 2.21. The predicted octanol–water partition coefficient (Wildman–Crippen LogP) is 1.65. The van der Waals surface area contributed by atoms with Crippen LogP contribution in [0.1, 0.15) is 32.6 Å². The molecule has 0 aliphatic carbocycles. The van der Waals surface area contributed by atoms with E-state index in [-0.39, 0.29) is 0 Å². The largest absolute Gasteiger partial charge is 0.341 e. The van der Waals surface area contributed by atoms with E-state index in [4.69, 9.17) is 5.84 Å². The van der Waals surface area contributed by atoms with Crippen LogP contribution in [0.2, 0.25) is 0 Å². The number of hydrazine groups is 1. The van der Waals surface area contributed by atoms with Crippen molar-refractivity contribution in [3.63, 3.8) is 0 Å². The zero-order chi connectivity index (χ0) is 12.8. The Hall–Kier alpha value is -1.08. The molecule has 0 radical (unpaired) electrons. The summed E-state index contributed by atoms with van der Waals surface area (Å²) in [5, 5.41) is 0.758. The van der Waals surface area contributed by atoms with Crippen LogP contribution >= 0.6 is 11.8 Å². The average Bonchev–Trinajstić information content (AvgIpc) is 2.92. The molecule has 100 valence electrons. The Bertz CT molecular complexity index is 380. The number of nitrogens with two attached hydrogens (primary N) is 1. The SMILES string of the molecule is CCCCSc1nc(NN)nc(N2CCCC2)n1. The summed E-state index contributed by atoms with van der Waals surface area (Å²) in [5.74, 6) is 7.64. The van der Waals surface area contributed by atoms with E-state index in [1.807, 2.05) is 0 Å². The molecule has 1 aliphatic heterocycles. The highest BCUT2D eigenvalue weighted by atomic mass is 32.2. The Balaban J connectivity index is 2.10. The van der Waals surface area contributed by atoms with Crippen molar-refractivity contribution in [1.82, 2.24) is 15.0 Å². The third kappa shape index (κ3) is 3.46. The first-order valence-electron chi connectivity index (χ1n) is 6.44. The Morgan fingerprint density at radius 3 is 2.72 bits per heavy atom. The molecule has 2 rings (SSSR count). The Morgan fingerprint density at radius 2 is 2.06 bits per heavy atom. The summed E-state index contributed by atoms with van der Waals surface area (Å²) < 4.78 is 0. The monoisotopic (exact) mass is 268 g/mol. The zero-order valence-corrected chi connectivity index (χ0v) is 11.5. The quantitative estimate of drug-likeness (QED) is 0.351. The second kappa shape index (κ2) is 6.75. The topological polar surface area (TPSA) is 80.0 Å². The molecule has 0 amide bonds. The third-order valence-electron chi connectivity index (χ3n) is 2.85. The van der Waals surface area contributed by atoms with Crippen molar-refractivity contribution in [1.29, 1.82) is 0 Å². The summed E-state index contributed by atoms with van der Waals surface area (Å²) in [5.41, 5.74) is 2.52. The van der Waals surface area contributed by atoms with Gasteiger partial charge in [-0.3, -0.25) is 5.43 Å². The van der Waals surface area contributed by atoms with Crippen LogP contribution in [0.4, 0.5) is 11.9 Å². The Labute approximate surface area is 112 Å². The van der Waals surface area contributed by atoms with E-state index >= 15 is 0 Å². The summed E-state index contributed by atoms with van der Waals surface area (Å²) in [6, 6.07) is 0. The van der Waals surface area contributed by atoms with E-state index < -0.39 is 0 Å². The maximum atomic E-state index is 5.41. The van der Waals surface area contributed by atoms with Gasteiger partial charge in [0.15, 0.2) is 5.16 Å². The molecule has 1 fully saturated rings. The fraction of sp³-hybridized carbons (Fsp3) is 0.727. The summed E-state index contributed by atoms with van der Waals surface area (Å²) in [6.07, 6.45) is 4.75. The molecule has 6 nitrogen and oxygen atoms in total. The molecule has 1 aromatic heterocycles. The maximum Gasteiger partial charge on any atom is 0.242 e. The van der Waals surface area contributed by atoms with E-state index in [1.54, 1.807) is 11.8 Å². The van der Waals surface area contributed by atoms with Gasteiger partial charge in [0, 0.05) is 18.8 Å². The molecule has 0 saturated carbocycles. The first-order chi connectivity index (χ1) is 8.83. The lowest BCUT2D eigenvalue weighted by Crippen LogP contribution is -2.22. The van der Waals surface area contributed by atoms with E-state index in [0.717, 1.165) is 29.9 Å². The van der Waals surface area contributed by atoms with Crippen LogP contribution in [0, 0.1) is 0 Å². The van der Waals surface area contributed by atoms with Crippen LogP contribution in [0.3, 0.4) is 0 Å². The van der Waals surface area contributed by atoms with Gasteiger partial charge in [-0.25, -0.2) is 5.84 Å². The molecule has 2 heterocycles. The van der Waals surface area contributed by atoms with E-state index in [9.17, 15) is 0 Å². The van der Waals surface area contributed by atoms with Gasteiger partial charge in [0.1, 0.15) is 0 Å². The molecule has 0 atom stereocenters. The first kappa shape index (κ1) is 13.4. The van der Waals surface area contributed by atoms with Crippen molar-refractivity contribution in [3.8, 4) is 0 Å². The van der Waals surface area contributed by atoms with E-state index in [0.29, 0.717) is 5.95 Å². The summed E-state index contributed by atoms with van der Waals surface area (Å²) in [6.45, 7) is 4.22. The number of nitrogens with zero attached hydrogens (tertiary/aromatic N) is 4. The molecule has 3 N–H and O–H groups in total. The normalized spacial score (nSPS) is 15.1. The molecule has 18 heavy (non-hydrogen) atoms. The standard InChI is InChI=1S/C11H20N6S/c1-2-3-8-18-11-14-9(16-12)13-10(15-11)17-6-4-5-7-17/h2-8,12H2,1H3,(H,13,14,15,16). The van der Waals surface area contributed by atoms with Crippen LogP contribution in [-0.2, 0) is 0 Å². The number of hydrogen-bond acceptors (Lipinski definition) is 7. The van der Waals surface area contributed by atoms with E-state index in [1.165, 1.54) is 25.7 Å². The van der Waals surface area contributed by atoms with Gasteiger partial charge < -0.3 is 4.90 Å². The molecule has 0 spiro atoms. The highest BCUT2D eigenvalue weighted by molar-refractivity contribution is 7.99. The van der Waals surface area contributed by atoms with Crippen molar-refractivity contribution >= 4 is 23.7 Å². The summed E-state index contributed by atoms with van der Waals surface area (Å²) in [7, 11) is 0. The molecule has 7 heteroatoms. The third-order valence-corrected chi connectivity index (χ3v) is 3.78. The number of thioether (sulfide) groups is 1. The number of nitrogens with one attached hydrogen (secondary N) is 1. The van der Waals surface area contributed by atoms with Crippen LogP contribution in [0.25, 0.3) is 0 Å². The van der Waals surface area contributed by atoms with Crippen molar-refractivity contribution in [2.24, 2.45) is 5.84 Å². The molecular formula is C11H20N6S. The van der Waals surface area contributed by atoms with Gasteiger partial charge in [-0.2, -0.15) is 15.0 Å². The summed E-state index contributed by atoms with van der Waals surface area (Å²) in [4.78, 5) is 15.3. The number of hydrogen-bond donors (Lipinski definition) is 2. The molecule has 1 aliphatic rings. The minimum Gasteiger partial charge on any atom is -0.341 e. The van der Waals surface area contributed by atoms with Crippen LogP contribution in [0.15, 0.2) is 5.16 Å². The highest BCUT2D eigenvalue weighted by Gasteiger charge is 2.17. The number of aromatic nitrogens is 3. The van der Waals surface area contributed by atoms with Crippen LogP contribution in [0.5, 0.6) is 0 Å². The van der Waals surface area contributed by atoms with Gasteiger partial charge in [0.2, 0.25) is 11.9 Å². The number of nitrogen functional groups attached to an aromatic ring is 1. The fourth-order valence-electron chi connectivity index (χ4n) is 1.84. The minimum absolute atomic E-state index is 0.450. The Kier molecular flexibility index (Phi) is 5.00. The molecule has 0 bridgehead atoms. The maximum absolute atomic E-state index is 5.41. The minimum atomic E-state index is 0.450. The first-order valence-corrected chi connectivity index (χ1v) is 7.42. The smallest absolute Gasteiger partial charge is 0.242 e. The van der Waals surface area contributed by atoms with Gasteiger partial charge in [0.05, 0.1) is 0 Å². The van der Waals surface area contributed by atoms with Gasteiger partial charge in [0.25, 0.3) is 0 Å². The second-order valence-corrected chi connectivity index (χ2v) is 5.34. The number of unbranched alkanes of at least 4 members (excludes halogenated alkanes) is 1. The van der Waals surface area contributed by atoms with Gasteiger partial charge in [-0.1, -0.05) is 25.1 Å². The van der Waals surface area contributed by atoms with Crippen molar-refractivity contribution in [2.75, 3.05) is 29.2 Å². The molecule has 0 aromatic carbocycles. The number of rotatable bonds is 6. The predicted molar refractivity (Wildman–Crippen MR) is 74.7 cm³/mol. The molecular weight excluding hydrogens is 248 g/mol. The Morgan fingerprint density at radius 1 is 1.28 bits per heavy atom. The zero-order valence-electron chi connectivity index (χ0n) is 10.7. The molecule has 1 aromatic rings. The average molecular weight is 268 g/mol. The summed E-state index contributed by atoms with van der Waals surface area (Å²) >= 11 is 1.66.